The van der Waals surface area contributed by atoms with Crippen molar-refractivity contribution < 1.29 is 8.78 Å². The van der Waals surface area contributed by atoms with E-state index in [0.717, 1.165) is 31.2 Å². The Labute approximate surface area is 100 Å². The number of hydrogen-bond donors (Lipinski definition) is 0. The summed E-state index contributed by atoms with van der Waals surface area (Å²) in [5.74, 6) is -0.836. The Bertz CT molecular complexity index is 474. The molecule has 0 amide bonds. The standard InChI is InChI=1S/C14H15F2N/c1-2-3-9-4-5-11-10(6-9)7-13(15)12(8-17)14(11)16/h7,9H,2-6H2,1H3. The molecule has 0 saturated carbocycles. The Morgan fingerprint density at radius 2 is 2.24 bits per heavy atom. The van der Waals surface area contributed by atoms with Crippen molar-refractivity contribution in [1.29, 1.82) is 5.26 Å². The van der Waals surface area contributed by atoms with Gasteiger partial charge in [0.1, 0.15) is 23.3 Å². The highest BCUT2D eigenvalue weighted by atomic mass is 19.1. The molecule has 0 aliphatic heterocycles. The molecule has 17 heavy (non-hydrogen) atoms. The van der Waals surface area contributed by atoms with Crippen molar-refractivity contribution in [3.63, 3.8) is 0 Å². The Morgan fingerprint density at radius 3 is 2.88 bits per heavy atom. The molecule has 3 heteroatoms. The number of fused-ring (bicyclic) bond motifs is 1. The number of nitrogens with zero attached hydrogens (tertiary/aromatic N) is 1. The maximum absolute atomic E-state index is 13.9. The molecule has 1 nitrogen and oxygen atoms in total. The zero-order valence-corrected chi connectivity index (χ0v) is 9.89. The van der Waals surface area contributed by atoms with E-state index in [2.05, 4.69) is 6.92 Å². The van der Waals surface area contributed by atoms with Gasteiger partial charge in [-0.15, -0.1) is 0 Å². The first-order valence-corrected chi connectivity index (χ1v) is 6.07. The predicted octanol–water partition coefficient (Wildman–Crippen LogP) is 3.74. The molecule has 0 radical (unpaired) electrons. The lowest BCUT2D eigenvalue weighted by molar-refractivity contribution is 0.411. The number of halogens is 2. The maximum atomic E-state index is 13.9. The summed E-state index contributed by atoms with van der Waals surface area (Å²) in [4.78, 5) is 0. The minimum atomic E-state index is -0.721. The molecule has 0 fully saturated rings. The SMILES string of the molecule is CCCC1CCc2c(cc(F)c(C#N)c2F)C1. The van der Waals surface area contributed by atoms with Crippen LogP contribution in [-0.4, -0.2) is 0 Å². The van der Waals surface area contributed by atoms with Crippen LogP contribution in [0.25, 0.3) is 0 Å². The van der Waals surface area contributed by atoms with Crippen LogP contribution in [-0.2, 0) is 12.8 Å². The van der Waals surface area contributed by atoms with E-state index in [1.165, 1.54) is 6.07 Å². The van der Waals surface area contributed by atoms with Crippen LogP contribution in [0.4, 0.5) is 8.78 Å². The van der Waals surface area contributed by atoms with E-state index in [-0.39, 0.29) is 0 Å². The monoisotopic (exact) mass is 235 g/mol. The first-order valence-electron chi connectivity index (χ1n) is 6.07. The third kappa shape index (κ3) is 2.17. The molecule has 1 atom stereocenters. The molecule has 1 aliphatic rings. The molecule has 1 aliphatic carbocycles. The molecule has 1 unspecified atom stereocenters. The van der Waals surface area contributed by atoms with E-state index in [0.29, 0.717) is 17.9 Å². The zero-order chi connectivity index (χ0) is 12.4. The second kappa shape index (κ2) is 4.83. The van der Waals surface area contributed by atoms with Crippen molar-refractivity contribution in [2.24, 2.45) is 5.92 Å². The van der Waals surface area contributed by atoms with Gasteiger partial charge in [-0.2, -0.15) is 5.26 Å². The summed E-state index contributed by atoms with van der Waals surface area (Å²) in [5.41, 5.74) is 0.872. The van der Waals surface area contributed by atoms with E-state index in [9.17, 15) is 8.78 Å². The second-order valence-corrected chi connectivity index (χ2v) is 4.69. The predicted molar refractivity (Wildman–Crippen MR) is 61.5 cm³/mol. The molecule has 1 aromatic carbocycles. The van der Waals surface area contributed by atoms with Crippen LogP contribution < -0.4 is 0 Å². The molecule has 0 N–H and O–H groups in total. The van der Waals surface area contributed by atoms with E-state index in [1.807, 2.05) is 0 Å². The topological polar surface area (TPSA) is 23.8 Å². The summed E-state index contributed by atoms with van der Waals surface area (Å²) in [7, 11) is 0. The van der Waals surface area contributed by atoms with Crippen molar-refractivity contribution in [3.05, 3.63) is 34.4 Å². The summed E-state index contributed by atoms with van der Waals surface area (Å²) in [6, 6.07) is 2.95. The highest BCUT2D eigenvalue weighted by Crippen LogP contribution is 2.32. The van der Waals surface area contributed by atoms with Crippen LogP contribution in [0.3, 0.4) is 0 Å². The van der Waals surface area contributed by atoms with Crippen LogP contribution in [0, 0.1) is 28.9 Å². The lowest BCUT2D eigenvalue weighted by Crippen LogP contribution is -2.17. The van der Waals surface area contributed by atoms with Crippen molar-refractivity contribution in [1.82, 2.24) is 0 Å². The molecule has 1 aromatic rings. The fourth-order valence-corrected chi connectivity index (χ4v) is 2.68. The van der Waals surface area contributed by atoms with Gasteiger partial charge in [0, 0.05) is 0 Å². The fourth-order valence-electron chi connectivity index (χ4n) is 2.68. The molecule has 0 saturated heterocycles. The average Bonchev–Trinajstić information content (AvgIpc) is 2.29. The number of hydrogen-bond acceptors (Lipinski definition) is 1. The van der Waals surface area contributed by atoms with Crippen LogP contribution in [0.15, 0.2) is 6.07 Å². The second-order valence-electron chi connectivity index (χ2n) is 4.69. The van der Waals surface area contributed by atoms with Crippen LogP contribution in [0.2, 0.25) is 0 Å². The summed E-state index contributed by atoms with van der Waals surface area (Å²) in [6.07, 6.45) is 4.50. The van der Waals surface area contributed by atoms with E-state index < -0.39 is 17.2 Å². The zero-order valence-electron chi connectivity index (χ0n) is 9.89. The summed E-state index contributed by atoms with van der Waals surface area (Å²) in [5, 5.41) is 8.71. The highest BCUT2D eigenvalue weighted by molar-refractivity contribution is 5.42. The van der Waals surface area contributed by atoms with Crippen molar-refractivity contribution in [2.45, 2.75) is 39.0 Å². The van der Waals surface area contributed by atoms with Gasteiger partial charge in [0.25, 0.3) is 0 Å². The number of rotatable bonds is 2. The van der Waals surface area contributed by atoms with Crippen LogP contribution in [0.5, 0.6) is 0 Å². The van der Waals surface area contributed by atoms with E-state index in [4.69, 9.17) is 5.26 Å². The first-order chi connectivity index (χ1) is 8.17. The van der Waals surface area contributed by atoms with Gasteiger partial charge in [0.05, 0.1) is 0 Å². The van der Waals surface area contributed by atoms with Crippen LogP contribution in [0.1, 0.15) is 42.9 Å². The first kappa shape index (κ1) is 12.0. The van der Waals surface area contributed by atoms with Crippen molar-refractivity contribution in [2.75, 3.05) is 0 Å². The Kier molecular flexibility index (Phi) is 3.42. The minimum absolute atomic E-state index is 0.433. The molecular weight excluding hydrogens is 220 g/mol. The molecule has 90 valence electrons. The molecule has 0 heterocycles. The molecule has 2 rings (SSSR count). The lowest BCUT2D eigenvalue weighted by Gasteiger charge is -2.25. The van der Waals surface area contributed by atoms with Crippen LogP contribution >= 0.6 is 0 Å². The quantitative estimate of drug-likeness (QED) is 0.766. The number of benzene rings is 1. The highest BCUT2D eigenvalue weighted by Gasteiger charge is 2.24. The third-order valence-corrected chi connectivity index (χ3v) is 3.53. The maximum Gasteiger partial charge on any atom is 0.147 e. The largest absolute Gasteiger partial charge is 0.205 e. The fraction of sp³-hybridized carbons (Fsp3) is 0.500. The lowest BCUT2D eigenvalue weighted by atomic mass is 9.81. The smallest absolute Gasteiger partial charge is 0.147 e. The van der Waals surface area contributed by atoms with Gasteiger partial charge in [-0.25, -0.2) is 8.78 Å². The molecule has 0 spiro atoms. The summed E-state index contributed by atoms with van der Waals surface area (Å²) in [6.45, 7) is 2.12. The number of nitriles is 1. The van der Waals surface area contributed by atoms with E-state index in [1.54, 1.807) is 6.07 Å². The molecule has 0 bridgehead atoms. The van der Waals surface area contributed by atoms with Crippen molar-refractivity contribution in [3.8, 4) is 6.07 Å². The van der Waals surface area contributed by atoms with Gasteiger partial charge >= 0.3 is 0 Å². The molecule has 0 aromatic heterocycles. The van der Waals surface area contributed by atoms with Gasteiger partial charge in [-0.1, -0.05) is 19.8 Å². The summed E-state index contributed by atoms with van der Waals surface area (Å²) >= 11 is 0. The van der Waals surface area contributed by atoms with Gasteiger partial charge in [-0.05, 0) is 42.4 Å². The van der Waals surface area contributed by atoms with E-state index >= 15 is 0 Å². The normalized spacial score (nSPS) is 18.6. The van der Waals surface area contributed by atoms with Gasteiger partial charge in [0.15, 0.2) is 0 Å². The Hall–Kier alpha value is -1.43. The van der Waals surface area contributed by atoms with Gasteiger partial charge in [0.2, 0.25) is 0 Å². The van der Waals surface area contributed by atoms with Gasteiger partial charge < -0.3 is 0 Å². The third-order valence-electron chi connectivity index (χ3n) is 3.53. The Balaban J connectivity index is 2.38. The van der Waals surface area contributed by atoms with Gasteiger partial charge in [-0.3, -0.25) is 0 Å². The minimum Gasteiger partial charge on any atom is -0.205 e. The Morgan fingerprint density at radius 1 is 1.47 bits per heavy atom. The van der Waals surface area contributed by atoms with Crippen molar-refractivity contribution >= 4 is 0 Å². The average molecular weight is 235 g/mol. The summed E-state index contributed by atoms with van der Waals surface area (Å²) < 4.78 is 27.4. The molecular formula is C14H15F2N.